The van der Waals surface area contributed by atoms with E-state index in [1.165, 1.54) is 5.56 Å². The van der Waals surface area contributed by atoms with E-state index in [0.29, 0.717) is 5.92 Å². The summed E-state index contributed by atoms with van der Waals surface area (Å²) in [7, 11) is 0. The Kier molecular flexibility index (Phi) is 3.41. The molecule has 1 heterocycles. The van der Waals surface area contributed by atoms with E-state index in [2.05, 4.69) is 26.8 Å². The molecule has 0 bridgehead atoms. The summed E-state index contributed by atoms with van der Waals surface area (Å²) in [6.07, 6.45) is 0.958. The highest BCUT2D eigenvalue weighted by atomic mass is 35.5. The Labute approximate surface area is 114 Å². The molecule has 0 aliphatic carbocycles. The quantitative estimate of drug-likeness (QED) is 0.705. The third-order valence-electron chi connectivity index (χ3n) is 3.68. The maximum atomic E-state index is 12.4. The van der Waals surface area contributed by atoms with Crippen LogP contribution in [-0.4, -0.2) is 16.8 Å². The number of amides is 1. The Hall–Kier alpha value is -1.02. The molecule has 1 aromatic rings. The van der Waals surface area contributed by atoms with Crippen LogP contribution in [0, 0.1) is 0 Å². The second-order valence-corrected chi connectivity index (χ2v) is 6.42. The molecular weight excluding hydrogens is 246 g/mol. The highest BCUT2D eigenvalue weighted by molar-refractivity contribution is 6.32. The van der Waals surface area contributed by atoms with Crippen molar-refractivity contribution in [2.24, 2.45) is 0 Å². The molecule has 1 aliphatic heterocycles. The number of hydrogen-bond donors (Lipinski definition) is 0. The highest BCUT2D eigenvalue weighted by Gasteiger charge is 2.40. The molecule has 1 aliphatic rings. The fourth-order valence-corrected chi connectivity index (χ4v) is 3.08. The van der Waals surface area contributed by atoms with Crippen molar-refractivity contribution in [1.82, 2.24) is 0 Å². The number of anilines is 1. The van der Waals surface area contributed by atoms with Crippen LogP contribution in [0.25, 0.3) is 0 Å². The minimum atomic E-state index is -0.495. The van der Waals surface area contributed by atoms with Gasteiger partial charge in [-0.1, -0.05) is 25.1 Å². The molecule has 0 unspecified atom stereocenters. The van der Waals surface area contributed by atoms with Crippen molar-refractivity contribution in [2.75, 3.05) is 4.90 Å². The lowest BCUT2D eigenvalue weighted by Crippen LogP contribution is -2.53. The fraction of sp³-hybridized carbons (Fsp3) is 0.533. The molecule has 0 aromatic heterocycles. The average Bonchev–Trinajstić information content (AvgIpc) is 2.27. The molecule has 98 valence electrons. The summed E-state index contributed by atoms with van der Waals surface area (Å²) in [5, 5.41) is -0.495. The summed E-state index contributed by atoms with van der Waals surface area (Å²) in [6, 6.07) is 8.13. The number of para-hydroxylation sites is 1. The number of halogens is 1. The molecule has 0 radical (unpaired) electrons. The van der Waals surface area contributed by atoms with Crippen LogP contribution in [0.15, 0.2) is 24.3 Å². The van der Waals surface area contributed by atoms with Crippen LogP contribution in [0.2, 0.25) is 0 Å². The molecular formula is C15H20ClNO. The number of carbonyl (C=O) groups is 1. The first-order valence-corrected chi connectivity index (χ1v) is 6.85. The highest BCUT2D eigenvalue weighted by Crippen LogP contribution is 2.43. The standard InChI is InChI=1S/C15H20ClNO/c1-10-9-15(3,4)17(14(18)11(2)16)13-8-6-5-7-12(10)13/h5-8,10-11H,9H2,1-4H3/t10-,11+/m1/s1. The molecule has 2 rings (SSSR count). The summed E-state index contributed by atoms with van der Waals surface area (Å²) < 4.78 is 0. The average molecular weight is 266 g/mol. The lowest BCUT2D eigenvalue weighted by molar-refractivity contribution is -0.119. The van der Waals surface area contributed by atoms with Crippen molar-refractivity contribution in [3.63, 3.8) is 0 Å². The van der Waals surface area contributed by atoms with Crippen LogP contribution in [0.4, 0.5) is 5.69 Å². The Balaban J connectivity index is 2.55. The molecule has 1 aromatic carbocycles. The van der Waals surface area contributed by atoms with Gasteiger partial charge >= 0.3 is 0 Å². The number of nitrogens with zero attached hydrogens (tertiary/aromatic N) is 1. The van der Waals surface area contributed by atoms with E-state index in [1.54, 1.807) is 6.92 Å². The molecule has 0 spiro atoms. The number of alkyl halides is 1. The lowest BCUT2D eigenvalue weighted by Gasteiger charge is -2.46. The maximum Gasteiger partial charge on any atom is 0.245 e. The summed E-state index contributed by atoms with van der Waals surface area (Å²) in [5.41, 5.74) is 2.06. The van der Waals surface area contributed by atoms with E-state index in [1.807, 2.05) is 23.1 Å². The van der Waals surface area contributed by atoms with Crippen LogP contribution in [0.5, 0.6) is 0 Å². The zero-order valence-electron chi connectivity index (χ0n) is 11.4. The van der Waals surface area contributed by atoms with Gasteiger partial charge in [-0.3, -0.25) is 4.79 Å². The molecule has 2 nitrogen and oxygen atoms in total. The van der Waals surface area contributed by atoms with Gasteiger partial charge in [-0.15, -0.1) is 11.6 Å². The van der Waals surface area contributed by atoms with Crippen molar-refractivity contribution in [3.05, 3.63) is 29.8 Å². The van der Waals surface area contributed by atoms with Crippen molar-refractivity contribution in [3.8, 4) is 0 Å². The SMILES string of the molecule is C[C@H](Cl)C(=O)N1c2ccccc2[C@H](C)CC1(C)C. The van der Waals surface area contributed by atoms with E-state index in [4.69, 9.17) is 11.6 Å². The van der Waals surface area contributed by atoms with Crippen molar-refractivity contribution in [2.45, 2.75) is 50.9 Å². The van der Waals surface area contributed by atoms with Gasteiger partial charge in [0.1, 0.15) is 5.38 Å². The Morgan fingerprint density at radius 2 is 2.06 bits per heavy atom. The summed E-state index contributed by atoms with van der Waals surface area (Å²) in [4.78, 5) is 14.3. The molecule has 1 amide bonds. The summed E-state index contributed by atoms with van der Waals surface area (Å²) in [6.45, 7) is 8.17. The first-order chi connectivity index (χ1) is 8.34. The minimum absolute atomic E-state index is 0.0129. The smallest absolute Gasteiger partial charge is 0.245 e. The molecule has 2 atom stereocenters. The zero-order valence-corrected chi connectivity index (χ0v) is 12.2. The van der Waals surface area contributed by atoms with Crippen molar-refractivity contribution < 1.29 is 4.79 Å². The normalized spacial score (nSPS) is 23.4. The third kappa shape index (κ3) is 2.14. The maximum absolute atomic E-state index is 12.4. The van der Waals surface area contributed by atoms with Gasteiger partial charge in [0, 0.05) is 11.2 Å². The van der Waals surface area contributed by atoms with Gasteiger partial charge in [-0.25, -0.2) is 0 Å². The van der Waals surface area contributed by atoms with Crippen LogP contribution >= 0.6 is 11.6 Å². The van der Waals surface area contributed by atoms with Crippen LogP contribution in [-0.2, 0) is 4.79 Å². The number of hydrogen-bond acceptors (Lipinski definition) is 1. The first-order valence-electron chi connectivity index (χ1n) is 6.41. The van der Waals surface area contributed by atoms with E-state index in [9.17, 15) is 4.79 Å². The Morgan fingerprint density at radius 3 is 2.67 bits per heavy atom. The number of benzene rings is 1. The van der Waals surface area contributed by atoms with Gasteiger partial charge in [0.2, 0.25) is 5.91 Å². The number of rotatable bonds is 1. The number of carbonyl (C=O) groups excluding carboxylic acids is 1. The zero-order chi connectivity index (χ0) is 13.5. The van der Waals surface area contributed by atoms with Gasteiger partial charge in [0.05, 0.1) is 0 Å². The number of fused-ring (bicyclic) bond motifs is 1. The predicted octanol–water partition coefficient (Wildman–Crippen LogP) is 3.93. The fourth-order valence-electron chi connectivity index (χ4n) is 2.98. The van der Waals surface area contributed by atoms with Gasteiger partial charge in [-0.2, -0.15) is 0 Å². The second-order valence-electron chi connectivity index (χ2n) is 5.77. The molecule has 0 saturated heterocycles. The van der Waals surface area contributed by atoms with Gasteiger partial charge in [-0.05, 0) is 44.7 Å². The van der Waals surface area contributed by atoms with Crippen LogP contribution in [0.1, 0.15) is 45.6 Å². The molecule has 0 fully saturated rings. The largest absolute Gasteiger partial charge is 0.305 e. The van der Waals surface area contributed by atoms with Gasteiger partial charge < -0.3 is 4.90 Å². The van der Waals surface area contributed by atoms with E-state index in [0.717, 1.165) is 12.1 Å². The Morgan fingerprint density at radius 1 is 1.44 bits per heavy atom. The van der Waals surface area contributed by atoms with E-state index >= 15 is 0 Å². The lowest BCUT2D eigenvalue weighted by atomic mass is 9.80. The van der Waals surface area contributed by atoms with E-state index < -0.39 is 5.38 Å². The summed E-state index contributed by atoms with van der Waals surface area (Å²) >= 11 is 6.00. The van der Waals surface area contributed by atoms with E-state index in [-0.39, 0.29) is 11.4 Å². The van der Waals surface area contributed by atoms with Crippen LogP contribution in [0.3, 0.4) is 0 Å². The minimum Gasteiger partial charge on any atom is -0.305 e. The Bertz CT molecular complexity index is 467. The molecule has 18 heavy (non-hydrogen) atoms. The molecule has 0 N–H and O–H groups in total. The first kappa shape index (κ1) is 13.4. The topological polar surface area (TPSA) is 20.3 Å². The second kappa shape index (κ2) is 4.58. The van der Waals surface area contributed by atoms with Crippen molar-refractivity contribution >= 4 is 23.2 Å². The molecule has 3 heteroatoms. The third-order valence-corrected chi connectivity index (χ3v) is 3.87. The summed E-state index contributed by atoms with van der Waals surface area (Å²) in [5.74, 6) is 0.451. The monoisotopic (exact) mass is 265 g/mol. The van der Waals surface area contributed by atoms with Crippen molar-refractivity contribution in [1.29, 1.82) is 0 Å². The van der Waals surface area contributed by atoms with Gasteiger partial charge in [0.15, 0.2) is 0 Å². The van der Waals surface area contributed by atoms with Crippen LogP contribution < -0.4 is 4.90 Å². The molecule has 0 saturated carbocycles. The predicted molar refractivity (Wildman–Crippen MR) is 76.4 cm³/mol. The van der Waals surface area contributed by atoms with Gasteiger partial charge in [0.25, 0.3) is 0 Å².